The molecule has 0 aliphatic rings. The van der Waals surface area contributed by atoms with Gasteiger partial charge in [0.15, 0.2) is 0 Å². The third-order valence-electron chi connectivity index (χ3n) is 4.12. The van der Waals surface area contributed by atoms with Crippen LogP contribution >= 0.6 is 49.7 Å². The first-order chi connectivity index (χ1) is 11.5. The van der Waals surface area contributed by atoms with Crippen LogP contribution in [0.4, 0.5) is 11.4 Å². The van der Waals surface area contributed by atoms with Gasteiger partial charge in [-0.3, -0.25) is 0 Å². The van der Waals surface area contributed by atoms with Crippen LogP contribution in [0.5, 0.6) is 0 Å². The van der Waals surface area contributed by atoms with Gasteiger partial charge in [-0.15, -0.1) is 25.3 Å². The van der Waals surface area contributed by atoms with E-state index in [1.165, 1.54) is 21.5 Å². The van der Waals surface area contributed by atoms with Gasteiger partial charge in [-0.1, -0.05) is 66.9 Å². The van der Waals surface area contributed by atoms with Crippen molar-refractivity contribution in [3.05, 3.63) is 48.5 Å². The molecule has 0 fully saturated rings. The Kier molecular flexibility index (Phi) is 4.00. The molecule has 0 atom stereocenters. The highest BCUT2D eigenvalue weighted by molar-refractivity contribution is 8.11. The zero-order valence-electron chi connectivity index (χ0n) is 12.3. The van der Waals surface area contributed by atoms with Gasteiger partial charge in [0.05, 0.1) is 11.4 Å². The molecule has 6 heteroatoms. The predicted molar refractivity (Wildman–Crippen MR) is 121 cm³/mol. The number of thiocarbonyl (C=S) groups is 2. The van der Waals surface area contributed by atoms with Crippen molar-refractivity contribution >= 4 is 102 Å². The van der Waals surface area contributed by atoms with Crippen molar-refractivity contribution in [1.82, 2.24) is 0 Å². The van der Waals surface area contributed by atoms with Crippen molar-refractivity contribution in [3.8, 4) is 0 Å². The van der Waals surface area contributed by atoms with E-state index in [1.54, 1.807) is 0 Å². The maximum Gasteiger partial charge on any atom is 0.135 e. The quantitative estimate of drug-likeness (QED) is 0.198. The molecule has 24 heavy (non-hydrogen) atoms. The second kappa shape index (κ2) is 6.04. The minimum Gasteiger partial charge on any atom is -0.340 e. The SMILES string of the molecule is S=C(S)Nc1cc2ccc3cccc4ccc(c1NC(=S)S)c2c34. The molecule has 4 aromatic rings. The van der Waals surface area contributed by atoms with Crippen molar-refractivity contribution in [2.45, 2.75) is 0 Å². The molecule has 0 unspecified atom stereocenters. The summed E-state index contributed by atoms with van der Waals surface area (Å²) in [5.41, 5.74) is 1.69. The zero-order chi connectivity index (χ0) is 16.8. The van der Waals surface area contributed by atoms with Gasteiger partial charge in [-0.05, 0) is 33.0 Å². The molecule has 2 N–H and O–H groups in total. The minimum atomic E-state index is 0.399. The lowest BCUT2D eigenvalue weighted by molar-refractivity contribution is 1.69. The van der Waals surface area contributed by atoms with E-state index in [9.17, 15) is 0 Å². The number of hydrogen-bond acceptors (Lipinski definition) is 2. The van der Waals surface area contributed by atoms with Crippen LogP contribution in [0, 0.1) is 0 Å². The molecule has 0 aliphatic heterocycles. The number of benzene rings is 4. The molecule has 0 amide bonds. The Morgan fingerprint density at radius 3 is 2.04 bits per heavy atom. The molecule has 0 bridgehead atoms. The van der Waals surface area contributed by atoms with Gasteiger partial charge >= 0.3 is 0 Å². The summed E-state index contributed by atoms with van der Waals surface area (Å²) >= 11 is 18.7. The minimum absolute atomic E-state index is 0.399. The van der Waals surface area contributed by atoms with Crippen LogP contribution in [0.25, 0.3) is 32.3 Å². The van der Waals surface area contributed by atoms with Crippen molar-refractivity contribution < 1.29 is 0 Å². The van der Waals surface area contributed by atoms with E-state index in [0.29, 0.717) is 8.64 Å². The van der Waals surface area contributed by atoms with E-state index >= 15 is 0 Å². The summed E-state index contributed by atoms with van der Waals surface area (Å²) in [5.74, 6) is 0. The first-order valence-electron chi connectivity index (χ1n) is 7.25. The topological polar surface area (TPSA) is 24.1 Å². The second-order valence-electron chi connectivity index (χ2n) is 5.52. The van der Waals surface area contributed by atoms with Crippen LogP contribution in [-0.4, -0.2) is 8.64 Å². The monoisotopic (exact) mass is 384 g/mol. The van der Waals surface area contributed by atoms with Crippen LogP contribution in [0.2, 0.25) is 0 Å². The number of hydrogen-bond donors (Lipinski definition) is 4. The van der Waals surface area contributed by atoms with Crippen LogP contribution < -0.4 is 10.6 Å². The fourth-order valence-electron chi connectivity index (χ4n) is 3.27. The average Bonchev–Trinajstić information content (AvgIpc) is 2.54. The highest BCUT2D eigenvalue weighted by atomic mass is 32.1. The Morgan fingerprint density at radius 1 is 0.750 bits per heavy atom. The van der Waals surface area contributed by atoms with Crippen LogP contribution in [0.1, 0.15) is 0 Å². The molecule has 0 radical (unpaired) electrons. The number of rotatable bonds is 2. The van der Waals surface area contributed by atoms with Gasteiger partial charge in [0.2, 0.25) is 0 Å². The summed E-state index contributed by atoms with van der Waals surface area (Å²) in [4.78, 5) is 0. The van der Waals surface area contributed by atoms with Gasteiger partial charge in [0.1, 0.15) is 8.64 Å². The molecular weight excluding hydrogens is 372 g/mol. The lowest BCUT2D eigenvalue weighted by Gasteiger charge is -2.18. The van der Waals surface area contributed by atoms with E-state index in [4.69, 9.17) is 24.4 Å². The van der Waals surface area contributed by atoms with Crippen LogP contribution in [0.15, 0.2) is 48.5 Å². The van der Waals surface area contributed by atoms with E-state index in [1.807, 2.05) is 0 Å². The lowest BCUT2D eigenvalue weighted by atomic mass is 9.93. The van der Waals surface area contributed by atoms with E-state index in [-0.39, 0.29) is 0 Å². The van der Waals surface area contributed by atoms with Crippen molar-refractivity contribution in [3.63, 3.8) is 0 Å². The number of thiol groups is 2. The fraction of sp³-hybridized carbons (Fsp3) is 0. The number of nitrogens with one attached hydrogen (secondary N) is 2. The first kappa shape index (κ1) is 15.9. The van der Waals surface area contributed by atoms with Crippen molar-refractivity contribution in [2.24, 2.45) is 0 Å². The molecule has 118 valence electrons. The maximum absolute atomic E-state index is 5.14. The summed E-state index contributed by atoms with van der Waals surface area (Å²) in [7, 11) is 0. The Bertz CT molecular complexity index is 1100. The smallest absolute Gasteiger partial charge is 0.135 e. The normalized spacial score (nSPS) is 11.2. The van der Waals surface area contributed by atoms with Gasteiger partial charge in [-0.25, -0.2) is 0 Å². The van der Waals surface area contributed by atoms with Crippen LogP contribution in [0.3, 0.4) is 0 Å². The summed E-state index contributed by atoms with van der Waals surface area (Å²) in [6.45, 7) is 0. The number of anilines is 2. The van der Waals surface area contributed by atoms with Crippen molar-refractivity contribution in [1.29, 1.82) is 0 Å². The largest absolute Gasteiger partial charge is 0.340 e. The van der Waals surface area contributed by atoms with Gasteiger partial charge in [-0.2, -0.15) is 0 Å². The van der Waals surface area contributed by atoms with E-state index in [2.05, 4.69) is 84.4 Å². The fourth-order valence-corrected chi connectivity index (χ4v) is 3.71. The van der Waals surface area contributed by atoms with E-state index in [0.717, 1.165) is 22.1 Å². The molecule has 0 saturated carbocycles. The summed E-state index contributed by atoms with van der Waals surface area (Å²) in [6.07, 6.45) is 0. The lowest BCUT2D eigenvalue weighted by Crippen LogP contribution is -2.09. The molecular formula is C18H12N2S4. The van der Waals surface area contributed by atoms with Crippen molar-refractivity contribution in [2.75, 3.05) is 10.6 Å². The summed E-state index contributed by atoms with van der Waals surface area (Å²) in [6, 6.07) is 16.9. The molecule has 0 heterocycles. The highest BCUT2D eigenvalue weighted by Gasteiger charge is 2.15. The summed E-state index contributed by atoms with van der Waals surface area (Å²) in [5, 5.41) is 13.4. The van der Waals surface area contributed by atoms with Crippen LogP contribution in [-0.2, 0) is 0 Å². The maximum atomic E-state index is 5.14. The molecule has 0 aromatic heterocycles. The van der Waals surface area contributed by atoms with E-state index < -0.39 is 0 Å². The molecule has 2 nitrogen and oxygen atoms in total. The molecule has 0 aliphatic carbocycles. The molecule has 4 rings (SSSR count). The summed E-state index contributed by atoms with van der Waals surface area (Å²) < 4.78 is 0.800. The molecule has 0 saturated heterocycles. The standard InChI is InChI=1S/C18H12N2S4/c21-17(22)19-13-8-11-5-4-9-2-1-3-10-6-7-12(15(11)14(9)10)16(13)20-18(23)24/h1-8H,(H2,19,21,22)(H2,20,23,24). The third kappa shape index (κ3) is 2.59. The van der Waals surface area contributed by atoms with Gasteiger partial charge < -0.3 is 10.6 Å². The Morgan fingerprint density at radius 2 is 1.38 bits per heavy atom. The third-order valence-corrected chi connectivity index (χ3v) is 4.55. The van der Waals surface area contributed by atoms with Gasteiger partial charge in [0, 0.05) is 5.39 Å². The Hall–Kier alpha value is -1.60. The molecule has 4 aromatic carbocycles. The Labute approximate surface area is 160 Å². The Balaban J connectivity index is 2.17. The first-order valence-corrected chi connectivity index (χ1v) is 8.96. The average molecular weight is 385 g/mol. The van der Waals surface area contributed by atoms with Gasteiger partial charge in [0.25, 0.3) is 0 Å². The second-order valence-corrected chi connectivity index (χ2v) is 7.83. The molecule has 0 spiro atoms. The predicted octanol–water partition coefficient (Wildman–Crippen LogP) is 5.84. The highest BCUT2D eigenvalue weighted by Crippen LogP contribution is 2.41. The zero-order valence-corrected chi connectivity index (χ0v) is 15.8.